The quantitative estimate of drug-likeness (QED) is 0.728. The first kappa shape index (κ1) is 17.6. The van der Waals surface area contributed by atoms with Crippen LogP contribution in [0.15, 0.2) is 24.3 Å². The summed E-state index contributed by atoms with van der Waals surface area (Å²) >= 11 is 0. The molecular weight excluding hydrogens is 286 g/mol. The zero-order valence-electron chi connectivity index (χ0n) is 13.4. The van der Waals surface area contributed by atoms with Crippen LogP contribution in [0.4, 0.5) is 15.3 Å². The van der Waals surface area contributed by atoms with Gasteiger partial charge in [-0.3, -0.25) is 0 Å². The second kappa shape index (κ2) is 8.11. The van der Waals surface area contributed by atoms with Crippen LogP contribution in [-0.4, -0.2) is 37.9 Å². The van der Waals surface area contributed by atoms with E-state index in [-0.39, 0.29) is 19.1 Å². The summed E-state index contributed by atoms with van der Waals surface area (Å²) in [6.07, 6.45) is -0.512. The number of hydrogen-bond acceptors (Lipinski definition) is 4. The van der Waals surface area contributed by atoms with Gasteiger partial charge in [-0.15, -0.1) is 0 Å². The molecule has 0 radical (unpaired) electrons. The topological polar surface area (TPSA) is 88.7 Å². The molecule has 0 aromatic heterocycles. The van der Waals surface area contributed by atoms with Gasteiger partial charge in [-0.05, 0) is 32.9 Å². The van der Waals surface area contributed by atoms with Crippen molar-refractivity contribution in [3.8, 4) is 5.75 Å². The van der Waals surface area contributed by atoms with E-state index >= 15 is 0 Å². The number of alkyl carbamates (subject to hydrolysis) is 1. The van der Waals surface area contributed by atoms with E-state index in [1.165, 1.54) is 0 Å². The molecule has 0 fully saturated rings. The second-order valence-corrected chi connectivity index (χ2v) is 5.54. The van der Waals surface area contributed by atoms with Crippen molar-refractivity contribution in [3.05, 3.63) is 24.3 Å². The first-order chi connectivity index (χ1) is 10.3. The van der Waals surface area contributed by atoms with Crippen LogP contribution in [0.3, 0.4) is 0 Å². The zero-order valence-corrected chi connectivity index (χ0v) is 13.4. The molecule has 122 valence electrons. The Bertz CT molecular complexity index is 512. The van der Waals surface area contributed by atoms with Crippen LogP contribution in [0.2, 0.25) is 0 Å². The second-order valence-electron chi connectivity index (χ2n) is 5.54. The van der Waals surface area contributed by atoms with Crippen LogP contribution in [0.5, 0.6) is 5.75 Å². The van der Waals surface area contributed by atoms with Crippen molar-refractivity contribution < 1.29 is 19.1 Å². The van der Waals surface area contributed by atoms with Gasteiger partial charge in [0.15, 0.2) is 0 Å². The molecule has 0 aliphatic rings. The fourth-order valence-corrected chi connectivity index (χ4v) is 1.53. The lowest BCUT2D eigenvalue weighted by atomic mass is 10.2. The molecule has 0 heterocycles. The van der Waals surface area contributed by atoms with Gasteiger partial charge in [-0.2, -0.15) is 0 Å². The molecule has 0 bridgehead atoms. The monoisotopic (exact) mass is 309 g/mol. The summed E-state index contributed by atoms with van der Waals surface area (Å²) in [4.78, 5) is 23.1. The molecule has 7 nitrogen and oxygen atoms in total. The van der Waals surface area contributed by atoms with Crippen LogP contribution in [0.25, 0.3) is 0 Å². The molecule has 0 aliphatic heterocycles. The fourth-order valence-electron chi connectivity index (χ4n) is 1.53. The van der Waals surface area contributed by atoms with Crippen molar-refractivity contribution in [2.24, 2.45) is 0 Å². The summed E-state index contributed by atoms with van der Waals surface area (Å²) in [7, 11) is 1.56. The minimum Gasteiger partial charge on any atom is -0.497 e. The minimum atomic E-state index is -0.540. The number of rotatable bonds is 5. The van der Waals surface area contributed by atoms with Gasteiger partial charge in [0, 0.05) is 24.8 Å². The molecule has 3 amide bonds. The van der Waals surface area contributed by atoms with E-state index in [0.717, 1.165) is 0 Å². The lowest BCUT2D eigenvalue weighted by Crippen LogP contribution is -2.39. The highest BCUT2D eigenvalue weighted by atomic mass is 16.6. The highest BCUT2D eigenvalue weighted by Crippen LogP contribution is 2.16. The number of carbonyl (C=O) groups excluding carboxylic acids is 2. The Balaban J connectivity index is 2.25. The summed E-state index contributed by atoms with van der Waals surface area (Å²) in [5.41, 5.74) is 0.0818. The summed E-state index contributed by atoms with van der Waals surface area (Å²) in [5, 5.41) is 7.85. The summed E-state index contributed by atoms with van der Waals surface area (Å²) in [5.74, 6) is 0.657. The third-order valence-corrected chi connectivity index (χ3v) is 2.41. The van der Waals surface area contributed by atoms with Gasteiger partial charge in [-0.25, -0.2) is 9.59 Å². The number of anilines is 1. The first-order valence-electron chi connectivity index (χ1n) is 6.96. The molecular formula is C15H23N3O4. The predicted octanol–water partition coefficient (Wildman–Crippen LogP) is 2.34. The smallest absolute Gasteiger partial charge is 0.407 e. The Hall–Kier alpha value is -2.44. The van der Waals surface area contributed by atoms with E-state index in [1.807, 2.05) is 0 Å². The number of amides is 3. The van der Waals surface area contributed by atoms with Crippen LogP contribution >= 0.6 is 0 Å². The normalized spacial score (nSPS) is 10.5. The standard InChI is InChI=1S/C15H23N3O4/c1-15(2,3)22-14(20)17-9-8-16-13(19)18-11-6-5-7-12(10-11)21-4/h5-7,10H,8-9H2,1-4H3,(H,17,20)(H2,16,18,19). The average molecular weight is 309 g/mol. The largest absolute Gasteiger partial charge is 0.497 e. The van der Waals surface area contributed by atoms with Crippen LogP contribution in [0.1, 0.15) is 20.8 Å². The molecule has 7 heteroatoms. The number of urea groups is 1. The Labute approximate surface area is 130 Å². The summed E-state index contributed by atoms with van der Waals surface area (Å²) in [6, 6.07) is 6.66. The maximum atomic E-state index is 11.7. The first-order valence-corrected chi connectivity index (χ1v) is 6.96. The molecule has 0 saturated carbocycles. The van der Waals surface area contributed by atoms with Gasteiger partial charge in [0.1, 0.15) is 11.4 Å². The van der Waals surface area contributed by atoms with Crippen LogP contribution in [-0.2, 0) is 4.74 Å². The third-order valence-electron chi connectivity index (χ3n) is 2.41. The zero-order chi connectivity index (χ0) is 16.6. The molecule has 0 saturated heterocycles. The third kappa shape index (κ3) is 7.37. The highest BCUT2D eigenvalue weighted by Gasteiger charge is 2.15. The molecule has 1 aromatic carbocycles. The Morgan fingerprint density at radius 1 is 1.14 bits per heavy atom. The lowest BCUT2D eigenvalue weighted by molar-refractivity contribution is 0.0528. The molecule has 1 aromatic rings. The maximum absolute atomic E-state index is 11.7. The molecule has 3 N–H and O–H groups in total. The van der Waals surface area contributed by atoms with Gasteiger partial charge < -0.3 is 25.4 Å². The number of benzene rings is 1. The summed E-state index contributed by atoms with van der Waals surface area (Å²) < 4.78 is 10.1. The number of methoxy groups -OCH3 is 1. The average Bonchev–Trinajstić information content (AvgIpc) is 2.42. The van der Waals surface area contributed by atoms with Gasteiger partial charge in [-0.1, -0.05) is 6.07 Å². The number of ether oxygens (including phenoxy) is 2. The van der Waals surface area contributed by atoms with Crippen molar-refractivity contribution >= 4 is 17.8 Å². The van der Waals surface area contributed by atoms with Crippen LogP contribution < -0.4 is 20.7 Å². The van der Waals surface area contributed by atoms with Crippen molar-refractivity contribution in [2.75, 3.05) is 25.5 Å². The van der Waals surface area contributed by atoms with E-state index in [0.29, 0.717) is 11.4 Å². The van der Waals surface area contributed by atoms with Crippen molar-refractivity contribution in [1.82, 2.24) is 10.6 Å². The number of hydrogen-bond donors (Lipinski definition) is 3. The molecule has 0 spiro atoms. The fraction of sp³-hybridized carbons (Fsp3) is 0.467. The van der Waals surface area contributed by atoms with Gasteiger partial charge in [0.05, 0.1) is 7.11 Å². The van der Waals surface area contributed by atoms with Gasteiger partial charge in [0.2, 0.25) is 0 Å². The highest BCUT2D eigenvalue weighted by molar-refractivity contribution is 5.89. The van der Waals surface area contributed by atoms with E-state index in [9.17, 15) is 9.59 Å². The van der Waals surface area contributed by atoms with E-state index in [4.69, 9.17) is 9.47 Å². The Morgan fingerprint density at radius 2 is 1.82 bits per heavy atom. The lowest BCUT2D eigenvalue weighted by Gasteiger charge is -2.19. The Kier molecular flexibility index (Phi) is 6.49. The number of nitrogens with one attached hydrogen (secondary N) is 3. The van der Waals surface area contributed by atoms with Gasteiger partial charge in [0.25, 0.3) is 0 Å². The van der Waals surface area contributed by atoms with E-state index in [2.05, 4.69) is 16.0 Å². The summed E-state index contributed by atoms with van der Waals surface area (Å²) in [6.45, 7) is 5.92. The minimum absolute atomic E-state index is 0.278. The molecule has 0 atom stereocenters. The predicted molar refractivity (Wildman–Crippen MR) is 84.3 cm³/mol. The number of carbonyl (C=O) groups is 2. The van der Waals surface area contributed by atoms with Crippen molar-refractivity contribution in [1.29, 1.82) is 0 Å². The van der Waals surface area contributed by atoms with E-state index < -0.39 is 11.7 Å². The van der Waals surface area contributed by atoms with Crippen LogP contribution in [0, 0.1) is 0 Å². The Morgan fingerprint density at radius 3 is 2.45 bits per heavy atom. The van der Waals surface area contributed by atoms with Crippen molar-refractivity contribution in [2.45, 2.75) is 26.4 Å². The van der Waals surface area contributed by atoms with E-state index in [1.54, 1.807) is 52.1 Å². The van der Waals surface area contributed by atoms with Crippen molar-refractivity contribution in [3.63, 3.8) is 0 Å². The molecule has 22 heavy (non-hydrogen) atoms. The molecule has 1 rings (SSSR count). The maximum Gasteiger partial charge on any atom is 0.407 e. The SMILES string of the molecule is COc1cccc(NC(=O)NCCNC(=O)OC(C)(C)C)c1. The molecule has 0 unspecified atom stereocenters. The van der Waals surface area contributed by atoms with Gasteiger partial charge >= 0.3 is 12.1 Å². The molecule has 0 aliphatic carbocycles.